The van der Waals surface area contributed by atoms with Gasteiger partial charge < -0.3 is 9.47 Å². The van der Waals surface area contributed by atoms with Crippen molar-refractivity contribution in [1.29, 1.82) is 0 Å². The van der Waals surface area contributed by atoms with Crippen LogP contribution in [0.25, 0.3) is 23.1 Å². The summed E-state index contributed by atoms with van der Waals surface area (Å²) in [6, 6.07) is 27.9. The van der Waals surface area contributed by atoms with Gasteiger partial charge in [-0.1, -0.05) is 66.7 Å². The molecule has 0 fully saturated rings. The average molecular weight is 435 g/mol. The Bertz CT molecular complexity index is 1370. The lowest BCUT2D eigenvalue weighted by molar-refractivity contribution is 0.295. The zero-order chi connectivity index (χ0) is 22.3. The summed E-state index contributed by atoms with van der Waals surface area (Å²) in [7, 11) is 0. The number of fused-ring (bicyclic) bond motifs is 1. The predicted octanol–water partition coefficient (Wildman–Crippen LogP) is 5.08. The second-order valence-corrected chi connectivity index (χ2v) is 7.36. The van der Waals surface area contributed by atoms with Gasteiger partial charge in [0.1, 0.15) is 24.7 Å². The minimum atomic E-state index is 0.274. The number of benzene rings is 3. The molecule has 0 saturated carbocycles. The van der Waals surface area contributed by atoms with E-state index >= 15 is 0 Å². The lowest BCUT2D eigenvalue weighted by Crippen LogP contribution is -1.99. The standard InChI is InChI=1S/C26H21N5O2/c1-3-7-24-20(5-1)13-14-22(27-24)17-32-23-15-10-19(11-16-23)9-12-21-6-2-4-8-25(21)33-18-26-28-30-31-29-26/h1-16H,17-18H2,(H,28,29,30,31)/b12-9+. The van der Waals surface area contributed by atoms with Crippen molar-refractivity contribution in [2.45, 2.75) is 13.2 Å². The summed E-state index contributed by atoms with van der Waals surface area (Å²) in [4.78, 5) is 4.65. The molecule has 33 heavy (non-hydrogen) atoms. The third kappa shape index (κ3) is 5.22. The highest BCUT2D eigenvalue weighted by Crippen LogP contribution is 2.22. The molecule has 0 bridgehead atoms. The smallest absolute Gasteiger partial charge is 0.186 e. The van der Waals surface area contributed by atoms with Crippen molar-refractivity contribution >= 4 is 23.1 Å². The molecule has 7 heteroatoms. The maximum absolute atomic E-state index is 5.92. The number of hydrogen-bond acceptors (Lipinski definition) is 6. The quantitative estimate of drug-likeness (QED) is 0.342. The summed E-state index contributed by atoms with van der Waals surface area (Å²) in [5, 5.41) is 14.8. The predicted molar refractivity (Wildman–Crippen MR) is 126 cm³/mol. The minimum absolute atomic E-state index is 0.274. The van der Waals surface area contributed by atoms with E-state index in [1.165, 1.54) is 0 Å². The molecule has 5 rings (SSSR count). The first-order valence-electron chi connectivity index (χ1n) is 10.5. The number of aromatic nitrogens is 5. The van der Waals surface area contributed by atoms with Crippen molar-refractivity contribution in [3.8, 4) is 11.5 Å². The Hall–Kier alpha value is -4.52. The molecule has 2 aromatic heterocycles. The highest BCUT2D eigenvalue weighted by Gasteiger charge is 2.03. The summed E-state index contributed by atoms with van der Waals surface area (Å²) in [5.41, 5.74) is 3.89. The SMILES string of the molecule is C(=C\c1ccccc1OCc1nnn[nH]1)/c1ccc(OCc2ccc3ccccc3n2)cc1. The largest absolute Gasteiger partial charge is 0.487 e. The summed E-state index contributed by atoms with van der Waals surface area (Å²) >= 11 is 0. The highest BCUT2D eigenvalue weighted by atomic mass is 16.5. The molecule has 0 aliphatic carbocycles. The number of hydrogen-bond donors (Lipinski definition) is 1. The van der Waals surface area contributed by atoms with Crippen LogP contribution in [0.3, 0.4) is 0 Å². The van der Waals surface area contributed by atoms with E-state index in [0.717, 1.165) is 39.2 Å². The second kappa shape index (κ2) is 9.74. The Morgan fingerprint density at radius 2 is 1.61 bits per heavy atom. The van der Waals surface area contributed by atoms with E-state index in [1.807, 2.05) is 84.9 Å². The van der Waals surface area contributed by atoms with E-state index in [2.05, 4.69) is 37.7 Å². The normalized spacial score (nSPS) is 11.2. The summed E-state index contributed by atoms with van der Waals surface area (Å²) in [5.74, 6) is 2.13. The third-order valence-corrected chi connectivity index (χ3v) is 5.05. The van der Waals surface area contributed by atoms with E-state index in [1.54, 1.807) is 0 Å². The average Bonchev–Trinajstić information content (AvgIpc) is 3.40. The summed E-state index contributed by atoms with van der Waals surface area (Å²) in [6.45, 7) is 0.696. The Morgan fingerprint density at radius 1 is 0.758 bits per heavy atom. The van der Waals surface area contributed by atoms with Crippen molar-refractivity contribution in [1.82, 2.24) is 25.6 Å². The number of H-pyrrole nitrogens is 1. The van der Waals surface area contributed by atoms with Gasteiger partial charge in [0.2, 0.25) is 0 Å². The molecule has 3 aromatic carbocycles. The van der Waals surface area contributed by atoms with Crippen molar-refractivity contribution in [3.05, 3.63) is 108 Å². The monoisotopic (exact) mass is 435 g/mol. The number of ether oxygens (including phenoxy) is 2. The molecule has 162 valence electrons. The van der Waals surface area contributed by atoms with E-state index in [9.17, 15) is 0 Å². The van der Waals surface area contributed by atoms with Crippen LogP contribution in [0, 0.1) is 0 Å². The minimum Gasteiger partial charge on any atom is -0.487 e. The Labute approximate surface area is 190 Å². The lowest BCUT2D eigenvalue weighted by atomic mass is 10.1. The number of nitrogens with zero attached hydrogens (tertiary/aromatic N) is 4. The van der Waals surface area contributed by atoms with Gasteiger partial charge in [-0.25, -0.2) is 10.1 Å². The van der Waals surface area contributed by atoms with E-state index < -0.39 is 0 Å². The van der Waals surface area contributed by atoms with E-state index in [-0.39, 0.29) is 6.61 Å². The van der Waals surface area contributed by atoms with Crippen molar-refractivity contribution in [2.24, 2.45) is 0 Å². The van der Waals surface area contributed by atoms with Crippen LogP contribution in [0.4, 0.5) is 0 Å². The van der Waals surface area contributed by atoms with Gasteiger partial charge >= 0.3 is 0 Å². The van der Waals surface area contributed by atoms with Gasteiger partial charge in [-0.2, -0.15) is 0 Å². The summed E-state index contributed by atoms with van der Waals surface area (Å²) < 4.78 is 11.8. The van der Waals surface area contributed by atoms with Crippen molar-refractivity contribution in [2.75, 3.05) is 0 Å². The molecule has 0 atom stereocenters. The molecular formula is C26H21N5O2. The number of aromatic amines is 1. The lowest BCUT2D eigenvalue weighted by Gasteiger charge is -2.08. The van der Waals surface area contributed by atoms with Crippen LogP contribution in [-0.2, 0) is 13.2 Å². The van der Waals surface area contributed by atoms with Gasteiger partial charge in [0.15, 0.2) is 5.82 Å². The molecule has 0 aliphatic heterocycles. The molecular weight excluding hydrogens is 414 g/mol. The Morgan fingerprint density at radius 3 is 2.48 bits per heavy atom. The molecule has 2 heterocycles. The topological polar surface area (TPSA) is 85.8 Å². The molecule has 0 radical (unpaired) electrons. The molecule has 1 N–H and O–H groups in total. The van der Waals surface area contributed by atoms with Gasteiger partial charge in [0, 0.05) is 10.9 Å². The van der Waals surface area contributed by atoms with Crippen LogP contribution in [0.2, 0.25) is 0 Å². The van der Waals surface area contributed by atoms with Gasteiger partial charge in [-0.15, -0.1) is 5.10 Å². The molecule has 7 nitrogen and oxygen atoms in total. The fraction of sp³-hybridized carbons (Fsp3) is 0.0769. The second-order valence-electron chi connectivity index (χ2n) is 7.36. The summed E-state index contributed by atoms with van der Waals surface area (Å²) in [6.07, 6.45) is 4.05. The molecule has 0 saturated heterocycles. The van der Waals surface area contributed by atoms with Gasteiger partial charge in [-0.05, 0) is 46.3 Å². The third-order valence-electron chi connectivity index (χ3n) is 5.05. The maximum Gasteiger partial charge on any atom is 0.186 e. The maximum atomic E-state index is 5.92. The van der Waals surface area contributed by atoms with Crippen LogP contribution in [-0.4, -0.2) is 25.6 Å². The number of nitrogens with one attached hydrogen (secondary N) is 1. The molecule has 0 aliphatic rings. The fourth-order valence-corrected chi connectivity index (χ4v) is 3.34. The van der Waals surface area contributed by atoms with Crippen LogP contribution in [0.5, 0.6) is 11.5 Å². The van der Waals surface area contributed by atoms with Gasteiger partial charge in [0.25, 0.3) is 0 Å². The zero-order valence-corrected chi connectivity index (χ0v) is 17.8. The Balaban J connectivity index is 1.21. The molecule has 5 aromatic rings. The highest BCUT2D eigenvalue weighted by molar-refractivity contribution is 5.78. The van der Waals surface area contributed by atoms with E-state index in [4.69, 9.17) is 9.47 Å². The molecule has 0 amide bonds. The van der Waals surface area contributed by atoms with Gasteiger partial charge in [0.05, 0.1) is 11.2 Å². The van der Waals surface area contributed by atoms with Crippen LogP contribution in [0.15, 0.2) is 84.9 Å². The van der Waals surface area contributed by atoms with Crippen LogP contribution in [0.1, 0.15) is 22.6 Å². The van der Waals surface area contributed by atoms with Gasteiger partial charge in [-0.3, -0.25) is 0 Å². The van der Waals surface area contributed by atoms with Crippen molar-refractivity contribution in [3.63, 3.8) is 0 Å². The molecule has 0 spiro atoms. The number of tetrazole rings is 1. The Kier molecular flexibility index (Phi) is 6.02. The fourth-order valence-electron chi connectivity index (χ4n) is 3.34. The number of para-hydroxylation sites is 2. The van der Waals surface area contributed by atoms with Crippen LogP contribution < -0.4 is 9.47 Å². The number of pyridine rings is 1. The molecule has 0 unspecified atom stereocenters. The number of rotatable bonds is 8. The van der Waals surface area contributed by atoms with E-state index in [0.29, 0.717) is 12.4 Å². The zero-order valence-electron chi connectivity index (χ0n) is 17.8. The van der Waals surface area contributed by atoms with Crippen molar-refractivity contribution < 1.29 is 9.47 Å². The first-order valence-corrected chi connectivity index (χ1v) is 10.5. The first-order chi connectivity index (χ1) is 16.3. The first kappa shape index (κ1) is 20.4. The van der Waals surface area contributed by atoms with Crippen LogP contribution >= 0.6 is 0 Å².